The summed E-state index contributed by atoms with van der Waals surface area (Å²) >= 11 is 8.60. The number of amides is 2. The van der Waals surface area contributed by atoms with E-state index < -0.39 is 17.6 Å². The number of carbonyl (C=O) groups excluding carboxylic acids is 2. The highest BCUT2D eigenvalue weighted by Crippen LogP contribution is 2.28. The van der Waals surface area contributed by atoms with E-state index in [4.69, 9.17) is 12.2 Å². The first kappa shape index (κ1) is 19.2. The molecule has 5 nitrogen and oxygen atoms in total. The minimum Gasteiger partial charge on any atom is -0.377 e. The maximum absolute atomic E-state index is 13.2. The van der Waals surface area contributed by atoms with E-state index in [9.17, 15) is 14.0 Å². The first-order valence-corrected chi connectivity index (χ1v) is 9.12. The first-order chi connectivity index (χ1) is 12.8. The summed E-state index contributed by atoms with van der Waals surface area (Å²) in [6, 6.07) is 10.8. The van der Waals surface area contributed by atoms with Gasteiger partial charge in [-0.2, -0.15) is 0 Å². The van der Waals surface area contributed by atoms with Gasteiger partial charge in [0.2, 0.25) is 0 Å². The predicted octanol–water partition coefficient (Wildman–Crippen LogP) is 3.49. The van der Waals surface area contributed by atoms with Crippen molar-refractivity contribution in [2.75, 3.05) is 23.9 Å². The van der Waals surface area contributed by atoms with Crippen molar-refractivity contribution in [1.82, 2.24) is 5.32 Å². The third kappa shape index (κ3) is 3.91. The summed E-state index contributed by atoms with van der Waals surface area (Å²) in [6.07, 6.45) is 1.50. The Morgan fingerprint density at radius 2 is 1.81 bits per heavy atom. The SMILES string of the molecule is CN(C)c1ccc(C=C2C(=O)NC(=S)N(c3ccc(F)cc3)C2=O)cc1Br. The van der Waals surface area contributed by atoms with Gasteiger partial charge in [0.05, 0.1) is 11.4 Å². The molecule has 1 aliphatic rings. The molecule has 2 aromatic rings. The van der Waals surface area contributed by atoms with E-state index in [0.29, 0.717) is 11.3 Å². The molecule has 0 unspecified atom stereocenters. The second-order valence-corrected chi connectivity index (χ2v) is 7.28. The lowest BCUT2D eigenvalue weighted by molar-refractivity contribution is -0.122. The highest BCUT2D eigenvalue weighted by atomic mass is 79.9. The van der Waals surface area contributed by atoms with Crippen LogP contribution in [0.25, 0.3) is 6.08 Å². The van der Waals surface area contributed by atoms with Gasteiger partial charge in [-0.3, -0.25) is 19.8 Å². The topological polar surface area (TPSA) is 52.7 Å². The van der Waals surface area contributed by atoms with Crippen LogP contribution in [-0.2, 0) is 9.59 Å². The van der Waals surface area contributed by atoms with Crippen LogP contribution >= 0.6 is 28.1 Å². The summed E-state index contributed by atoms with van der Waals surface area (Å²) in [5, 5.41) is 2.46. The zero-order valence-corrected chi connectivity index (χ0v) is 16.9. The van der Waals surface area contributed by atoms with Crippen LogP contribution in [-0.4, -0.2) is 31.0 Å². The Bertz CT molecular complexity index is 973. The molecule has 3 rings (SSSR count). The van der Waals surface area contributed by atoms with Gasteiger partial charge in [0.25, 0.3) is 11.8 Å². The van der Waals surface area contributed by atoms with Gasteiger partial charge < -0.3 is 4.90 Å². The Morgan fingerprint density at radius 3 is 2.41 bits per heavy atom. The number of carbonyl (C=O) groups is 2. The summed E-state index contributed by atoms with van der Waals surface area (Å²) in [5.74, 6) is -1.57. The van der Waals surface area contributed by atoms with Crippen LogP contribution in [0.3, 0.4) is 0 Å². The fraction of sp³-hybridized carbons (Fsp3) is 0.105. The molecule has 1 heterocycles. The summed E-state index contributed by atoms with van der Waals surface area (Å²) < 4.78 is 14.0. The minimum atomic E-state index is -0.573. The lowest BCUT2D eigenvalue weighted by Crippen LogP contribution is -2.54. The molecule has 2 amide bonds. The molecular formula is C19H15BrFN3O2S. The molecule has 0 bridgehead atoms. The van der Waals surface area contributed by atoms with E-state index in [1.807, 2.05) is 37.2 Å². The molecule has 0 spiro atoms. The number of anilines is 2. The Morgan fingerprint density at radius 1 is 1.15 bits per heavy atom. The van der Waals surface area contributed by atoms with Crippen molar-refractivity contribution >= 4 is 62.5 Å². The molecular weight excluding hydrogens is 433 g/mol. The summed E-state index contributed by atoms with van der Waals surface area (Å²) in [4.78, 5) is 28.3. The van der Waals surface area contributed by atoms with E-state index in [1.165, 1.54) is 35.2 Å². The van der Waals surface area contributed by atoms with Crippen LogP contribution < -0.4 is 15.1 Å². The minimum absolute atomic E-state index is 0.0436. The molecule has 1 aliphatic heterocycles. The van der Waals surface area contributed by atoms with Crippen LogP contribution in [0.4, 0.5) is 15.8 Å². The van der Waals surface area contributed by atoms with Crippen LogP contribution in [0.15, 0.2) is 52.5 Å². The van der Waals surface area contributed by atoms with Gasteiger partial charge in [0, 0.05) is 18.6 Å². The molecule has 0 atom stereocenters. The van der Waals surface area contributed by atoms with Crippen molar-refractivity contribution in [2.24, 2.45) is 0 Å². The van der Waals surface area contributed by atoms with Crippen molar-refractivity contribution in [3.8, 4) is 0 Å². The Kier molecular flexibility index (Phi) is 5.38. The second-order valence-electron chi connectivity index (χ2n) is 6.04. The maximum atomic E-state index is 13.2. The van der Waals surface area contributed by atoms with Gasteiger partial charge in [-0.15, -0.1) is 0 Å². The average molecular weight is 448 g/mol. The van der Waals surface area contributed by atoms with Crippen LogP contribution in [0.2, 0.25) is 0 Å². The number of hydrogen-bond acceptors (Lipinski definition) is 4. The third-order valence-corrected chi connectivity index (χ3v) is 4.87. The van der Waals surface area contributed by atoms with Gasteiger partial charge in [-0.25, -0.2) is 4.39 Å². The fourth-order valence-corrected chi connectivity index (χ4v) is 3.66. The van der Waals surface area contributed by atoms with Gasteiger partial charge in [0.1, 0.15) is 11.4 Å². The average Bonchev–Trinajstić information content (AvgIpc) is 2.60. The Hall–Kier alpha value is -2.58. The molecule has 0 aromatic heterocycles. The molecule has 2 aromatic carbocycles. The third-order valence-electron chi connectivity index (χ3n) is 3.95. The number of thiocarbonyl (C=S) groups is 1. The highest BCUT2D eigenvalue weighted by Gasteiger charge is 2.34. The van der Waals surface area contributed by atoms with Crippen molar-refractivity contribution in [1.29, 1.82) is 0 Å². The van der Waals surface area contributed by atoms with Crippen LogP contribution in [0, 0.1) is 5.82 Å². The van der Waals surface area contributed by atoms with E-state index in [1.54, 1.807) is 0 Å². The standard InChI is InChI=1S/C19H15BrFN3O2S/c1-23(2)16-8-3-11(10-15(16)20)9-14-17(25)22-19(27)24(18(14)26)13-6-4-12(21)5-7-13/h3-10H,1-2H3,(H,22,25,27). The van der Waals surface area contributed by atoms with Gasteiger partial charge in [-0.05, 0) is 76.2 Å². The van der Waals surface area contributed by atoms with E-state index >= 15 is 0 Å². The van der Waals surface area contributed by atoms with Crippen molar-refractivity contribution in [3.63, 3.8) is 0 Å². The quantitative estimate of drug-likeness (QED) is 0.444. The van der Waals surface area contributed by atoms with Gasteiger partial charge in [-0.1, -0.05) is 6.07 Å². The zero-order chi connectivity index (χ0) is 19.7. The fourth-order valence-electron chi connectivity index (χ4n) is 2.62. The largest absolute Gasteiger partial charge is 0.377 e. The van der Waals surface area contributed by atoms with E-state index in [0.717, 1.165) is 10.2 Å². The molecule has 1 fully saturated rings. The molecule has 0 aliphatic carbocycles. The number of nitrogens with one attached hydrogen (secondary N) is 1. The number of hydrogen-bond donors (Lipinski definition) is 1. The Labute approximate surface area is 169 Å². The number of nitrogens with zero attached hydrogens (tertiary/aromatic N) is 2. The van der Waals surface area contributed by atoms with Gasteiger partial charge >= 0.3 is 0 Å². The molecule has 138 valence electrons. The first-order valence-electron chi connectivity index (χ1n) is 7.92. The predicted molar refractivity (Wildman–Crippen MR) is 111 cm³/mol. The normalized spacial score (nSPS) is 15.9. The smallest absolute Gasteiger partial charge is 0.270 e. The molecule has 1 saturated heterocycles. The van der Waals surface area contributed by atoms with E-state index in [2.05, 4.69) is 21.2 Å². The summed E-state index contributed by atoms with van der Waals surface area (Å²) in [7, 11) is 3.83. The van der Waals surface area contributed by atoms with Crippen molar-refractivity contribution in [2.45, 2.75) is 0 Å². The lowest BCUT2D eigenvalue weighted by atomic mass is 10.1. The zero-order valence-electron chi connectivity index (χ0n) is 14.5. The van der Waals surface area contributed by atoms with Gasteiger partial charge in [0.15, 0.2) is 5.11 Å². The van der Waals surface area contributed by atoms with Crippen LogP contribution in [0.5, 0.6) is 0 Å². The molecule has 27 heavy (non-hydrogen) atoms. The second kappa shape index (κ2) is 7.58. The van der Waals surface area contributed by atoms with Crippen LogP contribution in [0.1, 0.15) is 5.56 Å². The summed E-state index contributed by atoms with van der Waals surface area (Å²) in [5.41, 5.74) is 1.96. The lowest BCUT2D eigenvalue weighted by Gasteiger charge is -2.28. The molecule has 8 heteroatoms. The number of rotatable bonds is 3. The number of halogens is 2. The number of benzene rings is 2. The van der Waals surface area contributed by atoms with E-state index in [-0.39, 0.29) is 10.7 Å². The Balaban J connectivity index is 1.99. The highest BCUT2D eigenvalue weighted by molar-refractivity contribution is 9.10. The molecule has 0 radical (unpaired) electrons. The monoisotopic (exact) mass is 447 g/mol. The van der Waals surface area contributed by atoms with Crippen molar-refractivity contribution in [3.05, 3.63) is 63.9 Å². The summed E-state index contributed by atoms with van der Waals surface area (Å²) in [6.45, 7) is 0. The molecule has 0 saturated carbocycles. The molecule has 1 N–H and O–H groups in total. The van der Waals surface area contributed by atoms with Crippen molar-refractivity contribution < 1.29 is 14.0 Å². The maximum Gasteiger partial charge on any atom is 0.270 e.